The van der Waals surface area contributed by atoms with Crippen LogP contribution in [0.2, 0.25) is 0 Å². The van der Waals surface area contributed by atoms with E-state index >= 15 is 0 Å². The zero-order valence-electron chi connectivity index (χ0n) is 15.9. The van der Waals surface area contributed by atoms with E-state index in [4.69, 9.17) is 0 Å². The van der Waals surface area contributed by atoms with E-state index in [1.54, 1.807) is 37.3 Å². The summed E-state index contributed by atoms with van der Waals surface area (Å²) in [5, 5.41) is 5.42. The smallest absolute Gasteiger partial charge is 0.255 e. The van der Waals surface area contributed by atoms with Crippen molar-refractivity contribution in [2.24, 2.45) is 0 Å². The number of rotatable bonds is 5. The normalized spacial score (nSPS) is 14.6. The number of sulfonamides is 1. The van der Waals surface area contributed by atoms with Crippen LogP contribution < -0.4 is 10.6 Å². The molecular weight excluding hydrogens is 378 g/mol. The van der Waals surface area contributed by atoms with Crippen molar-refractivity contribution in [2.45, 2.75) is 31.6 Å². The quantitative estimate of drug-likeness (QED) is 0.805. The third kappa shape index (κ3) is 4.40. The van der Waals surface area contributed by atoms with Crippen molar-refractivity contribution >= 4 is 33.2 Å². The van der Waals surface area contributed by atoms with Crippen LogP contribution in [-0.2, 0) is 14.8 Å². The topological polar surface area (TPSA) is 95.6 Å². The fourth-order valence-electron chi connectivity index (χ4n) is 3.16. The van der Waals surface area contributed by atoms with Gasteiger partial charge in [0.1, 0.15) is 0 Å². The first-order valence-electron chi connectivity index (χ1n) is 9.07. The molecule has 2 N–H and O–H groups in total. The molecule has 0 unspecified atom stereocenters. The van der Waals surface area contributed by atoms with Gasteiger partial charge in [0, 0.05) is 37.0 Å². The Morgan fingerprint density at radius 1 is 0.964 bits per heavy atom. The third-order valence-corrected chi connectivity index (χ3v) is 6.49. The molecule has 1 aliphatic rings. The predicted molar refractivity (Wildman–Crippen MR) is 108 cm³/mol. The number of carbonyl (C=O) groups is 2. The minimum atomic E-state index is -3.60. The van der Waals surface area contributed by atoms with E-state index < -0.39 is 15.9 Å². The lowest BCUT2D eigenvalue weighted by Gasteiger charge is -2.17. The molecule has 2 aromatic carbocycles. The first kappa shape index (κ1) is 20.0. The standard InChI is InChI=1S/C20H23N3O4S/c1-14-8-9-18(28(26,27)23-10-3-4-11-23)13-19(14)20(25)22-17-7-5-6-16(12-17)21-15(2)24/h5-9,12-13H,3-4,10-11H2,1-2H3,(H,21,24)(H,22,25). The summed E-state index contributed by atoms with van der Waals surface area (Å²) in [6, 6.07) is 11.4. The molecule has 1 fully saturated rings. The van der Waals surface area contributed by atoms with E-state index in [0.29, 0.717) is 35.6 Å². The Balaban J connectivity index is 1.85. The van der Waals surface area contributed by atoms with Crippen LogP contribution in [0.3, 0.4) is 0 Å². The molecule has 3 rings (SSSR count). The van der Waals surface area contributed by atoms with E-state index in [9.17, 15) is 18.0 Å². The van der Waals surface area contributed by atoms with Gasteiger partial charge in [-0.3, -0.25) is 9.59 Å². The maximum absolute atomic E-state index is 12.8. The summed E-state index contributed by atoms with van der Waals surface area (Å²) in [6.45, 7) is 4.18. The Morgan fingerprint density at radius 2 is 1.61 bits per heavy atom. The van der Waals surface area contributed by atoms with Crippen molar-refractivity contribution in [1.29, 1.82) is 0 Å². The van der Waals surface area contributed by atoms with Gasteiger partial charge in [-0.1, -0.05) is 12.1 Å². The number of benzene rings is 2. The van der Waals surface area contributed by atoms with Crippen molar-refractivity contribution in [3.8, 4) is 0 Å². The average molecular weight is 401 g/mol. The molecule has 8 heteroatoms. The zero-order chi connectivity index (χ0) is 20.3. The summed E-state index contributed by atoms with van der Waals surface area (Å²) in [4.78, 5) is 24.1. The van der Waals surface area contributed by atoms with Crippen LogP contribution in [0.25, 0.3) is 0 Å². The molecule has 2 amide bonds. The Bertz CT molecular complexity index is 1010. The van der Waals surface area contributed by atoms with Gasteiger partial charge in [-0.05, 0) is 55.7 Å². The second-order valence-corrected chi connectivity index (χ2v) is 8.74. The van der Waals surface area contributed by atoms with Gasteiger partial charge in [0.2, 0.25) is 15.9 Å². The van der Waals surface area contributed by atoms with Crippen LogP contribution in [-0.4, -0.2) is 37.6 Å². The molecule has 0 saturated carbocycles. The van der Waals surface area contributed by atoms with Crippen LogP contribution in [0.15, 0.2) is 47.4 Å². The predicted octanol–water partition coefficient (Wildman–Crippen LogP) is 2.99. The Morgan fingerprint density at radius 3 is 2.25 bits per heavy atom. The third-order valence-electron chi connectivity index (χ3n) is 4.60. The maximum atomic E-state index is 12.8. The molecule has 2 aromatic rings. The highest BCUT2D eigenvalue weighted by atomic mass is 32.2. The van der Waals surface area contributed by atoms with Gasteiger partial charge < -0.3 is 10.6 Å². The van der Waals surface area contributed by atoms with Crippen LogP contribution in [0.5, 0.6) is 0 Å². The van der Waals surface area contributed by atoms with Gasteiger partial charge in [0.15, 0.2) is 0 Å². The number of anilines is 2. The van der Waals surface area contributed by atoms with Crippen LogP contribution in [0.1, 0.15) is 35.7 Å². The van der Waals surface area contributed by atoms with Gasteiger partial charge in [-0.2, -0.15) is 4.31 Å². The largest absolute Gasteiger partial charge is 0.326 e. The minimum absolute atomic E-state index is 0.122. The highest BCUT2D eigenvalue weighted by Gasteiger charge is 2.28. The molecular formula is C20H23N3O4S. The fourth-order valence-corrected chi connectivity index (χ4v) is 4.70. The molecule has 1 heterocycles. The van der Waals surface area contributed by atoms with Crippen LogP contribution in [0, 0.1) is 6.92 Å². The number of amides is 2. The van der Waals surface area contributed by atoms with Crippen LogP contribution >= 0.6 is 0 Å². The molecule has 1 saturated heterocycles. The summed E-state index contributed by atoms with van der Waals surface area (Å²) in [5.41, 5.74) is 2.04. The molecule has 0 atom stereocenters. The Labute approximate surface area is 164 Å². The average Bonchev–Trinajstić information content (AvgIpc) is 3.17. The van der Waals surface area contributed by atoms with Crippen molar-refractivity contribution < 1.29 is 18.0 Å². The zero-order valence-corrected chi connectivity index (χ0v) is 16.7. The highest BCUT2D eigenvalue weighted by Crippen LogP contribution is 2.24. The summed E-state index contributed by atoms with van der Waals surface area (Å²) >= 11 is 0. The SMILES string of the molecule is CC(=O)Nc1cccc(NC(=O)c2cc(S(=O)(=O)N3CCCC3)ccc2C)c1. The van der Waals surface area contributed by atoms with Gasteiger partial charge in [-0.25, -0.2) is 8.42 Å². The molecule has 28 heavy (non-hydrogen) atoms. The number of aryl methyl sites for hydroxylation is 1. The van der Waals surface area contributed by atoms with Gasteiger partial charge in [0.05, 0.1) is 4.90 Å². The van der Waals surface area contributed by atoms with E-state index in [1.807, 2.05) is 0 Å². The first-order chi connectivity index (χ1) is 13.3. The fraction of sp³-hybridized carbons (Fsp3) is 0.300. The highest BCUT2D eigenvalue weighted by molar-refractivity contribution is 7.89. The second kappa shape index (κ2) is 8.12. The van der Waals surface area contributed by atoms with Crippen molar-refractivity contribution in [1.82, 2.24) is 4.31 Å². The van der Waals surface area contributed by atoms with E-state index in [1.165, 1.54) is 23.4 Å². The lowest BCUT2D eigenvalue weighted by molar-refractivity contribution is -0.114. The molecule has 7 nitrogen and oxygen atoms in total. The van der Waals surface area contributed by atoms with Crippen molar-refractivity contribution in [2.75, 3.05) is 23.7 Å². The van der Waals surface area contributed by atoms with Gasteiger partial charge in [0.25, 0.3) is 5.91 Å². The molecule has 0 aliphatic carbocycles. The van der Waals surface area contributed by atoms with Gasteiger partial charge >= 0.3 is 0 Å². The number of nitrogens with zero attached hydrogens (tertiary/aromatic N) is 1. The van der Waals surface area contributed by atoms with Gasteiger partial charge in [-0.15, -0.1) is 0 Å². The first-order valence-corrected chi connectivity index (χ1v) is 10.5. The maximum Gasteiger partial charge on any atom is 0.255 e. The number of carbonyl (C=O) groups excluding carboxylic acids is 2. The molecule has 148 valence electrons. The number of nitrogens with one attached hydrogen (secondary N) is 2. The lowest BCUT2D eigenvalue weighted by Crippen LogP contribution is -2.28. The summed E-state index contributed by atoms with van der Waals surface area (Å²) in [6.07, 6.45) is 1.70. The number of hydrogen-bond donors (Lipinski definition) is 2. The summed E-state index contributed by atoms with van der Waals surface area (Å²) < 4.78 is 27.0. The monoisotopic (exact) mass is 401 g/mol. The minimum Gasteiger partial charge on any atom is -0.326 e. The molecule has 0 spiro atoms. The van der Waals surface area contributed by atoms with E-state index in [2.05, 4.69) is 10.6 Å². The van der Waals surface area contributed by atoms with E-state index in [-0.39, 0.29) is 10.8 Å². The molecule has 0 aromatic heterocycles. The van der Waals surface area contributed by atoms with Crippen molar-refractivity contribution in [3.05, 3.63) is 53.6 Å². The summed E-state index contributed by atoms with van der Waals surface area (Å²) in [7, 11) is -3.60. The van der Waals surface area contributed by atoms with Crippen LogP contribution in [0.4, 0.5) is 11.4 Å². The summed E-state index contributed by atoms with van der Waals surface area (Å²) in [5.74, 6) is -0.616. The molecule has 0 bridgehead atoms. The van der Waals surface area contributed by atoms with Crippen molar-refractivity contribution in [3.63, 3.8) is 0 Å². The second-order valence-electron chi connectivity index (χ2n) is 6.80. The molecule has 1 aliphatic heterocycles. The Hall–Kier alpha value is -2.71. The Kier molecular flexibility index (Phi) is 5.81. The lowest BCUT2D eigenvalue weighted by atomic mass is 10.1. The number of hydrogen-bond acceptors (Lipinski definition) is 4. The van der Waals surface area contributed by atoms with E-state index in [0.717, 1.165) is 12.8 Å². The molecule has 0 radical (unpaired) electrons.